The zero-order chi connectivity index (χ0) is 13.3. The summed E-state index contributed by atoms with van der Waals surface area (Å²) in [5.74, 6) is 1.82. The van der Waals surface area contributed by atoms with E-state index in [-0.39, 0.29) is 11.5 Å². The van der Waals surface area contributed by atoms with Crippen LogP contribution in [0.5, 0.6) is 0 Å². The average Bonchev–Trinajstić information content (AvgIpc) is 2.45. The highest BCUT2D eigenvalue weighted by atomic mass is 16.5. The SMILES string of the molecule is NCC1CCC(C(=O)C2CCOC3(CCC3)C2)CC1. The molecule has 1 saturated heterocycles. The van der Waals surface area contributed by atoms with E-state index in [0.29, 0.717) is 17.6 Å². The van der Waals surface area contributed by atoms with Crippen molar-refractivity contribution in [2.75, 3.05) is 13.2 Å². The lowest BCUT2D eigenvalue weighted by molar-refractivity contribution is -0.158. The molecule has 0 radical (unpaired) electrons. The van der Waals surface area contributed by atoms with Gasteiger partial charge in [-0.2, -0.15) is 0 Å². The van der Waals surface area contributed by atoms with Crippen LogP contribution in [0.3, 0.4) is 0 Å². The molecule has 0 aromatic rings. The Kier molecular flexibility index (Phi) is 3.95. The lowest BCUT2D eigenvalue weighted by atomic mass is 9.68. The Labute approximate surface area is 116 Å². The lowest BCUT2D eigenvalue weighted by Crippen LogP contribution is -2.48. The van der Waals surface area contributed by atoms with E-state index in [4.69, 9.17) is 10.5 Å². The van der Waals surface area contributed by atoms with Crippen molar-refractivity contribution in [2.24, 2.45) is 23.5 Å². The highest BCUT2D eigenvalue weighted by Crippen LogP contribution is 2.45. The van der Waals surface area contributed by atoms with E-state index in [1.54, 1.807) is 0 Å². The second kappa shape index (κ2) is 5.53. The highest BCUT2D eigenvalue weighted by molar-refractivity contribution is 5.83. The number of Topliss-reactive ketones (excluding diaryl/α,β-unsaturated/α-hetero) is 1. The third kappa shape index (κ3) is 2.73. The van der Waals surface area contributed by atoms with Gasteiger partial charge >= 0.3 is 0 Å². The molecule has 3 nitrogen and oxygen atoms in total. The summed E-state index contributed by atoms with van der Waals surface area (Å²) in [6.45, 7) is 1.59. The summed E-state index contributed by atoms with van der Waals surface area (Å²) in [6.07, 6.45) is 10.1. The van der Waals surface area contributed by atoms with E-state index >= 15 is 0 Å². The van der Waals surface area contributed by atoms with E-state index in [1.165, 1.54) is 19.3 Å². The lowest BCUT2D eigenvalue weighted by Gasteiger charge is -2.47. The van der Waals surface area contributed by atoms with Crippen LogP contribution in [0.4, 0.5) is 0 Å². The van der Waals surface area contributed by atoms with Crippen LogP contribution in [0.25, 0.3) is 0 Å². The summed E-state index contributed by atoms with van der Waals surface area (Å²) in [5, 5.41) is 0. The Balaban J connectivity index is 1.55. The van der Waals surface area contributed by atoms with Gasteiger partial charge in [-0.25, -0.2) is 0 Å². The first-order valence-electron chi connectivity index (χ1n) is 8.10. The maximum absolute atomic E-state index is 12.7. The first kappa shape index (κ1) is 13.6. The average molecular weight is 265 g/mol. The smallest absolute Gasteiger partial charge is 0.139 e. The Morgan fingerprint density at radius 3 is 2.42 bits per heavy atom. The minimum Gasteiger partial charge on any atom is -0.375 e. The number of rotatable bonds is 3. The summed E-state index contributed by atoms with van der Waals surface area (Å²) < 4.78 is 5.93. The second-order valence-electron chi connectivity index (χ2n) is 6.93. The van der Waals surface area contributed by atoms with E-state index in [1.807, 2.05) is 0 Å². The summed E-state index contributed by atoms with van der Waals surface area (Å²) in [7, 11) is 0. The van der Waals surface area contributed by atoms with Gasteiger partial charge in [-0.3, -0.25) is 4.79 Å². The molecule has 1 spiro atoms. The van der Waals surface area contributed by atoms with E-state index in [2.05, 4.69) is 0 Å². The fourth-order valence-electron chi connectivity index (χ4n) is 4.21. The van der Waals surface area contributed by atoms with Gasteiger partial charge in [0.25, 0.3) is 0 Å². The van der Waals surface area contributed by atoms with Gasteiger partial charge in [0.15, 0.2) is 0 Å². The molecule has 3 aliphatic rings. The van der Waals surface area contributed by atoms with Crippen molar-refractivity contribution in [1.29, 1.82) is 0 Å². The third-order valence-corrected chi connectivity index (χ3v) is 5.74. The molecule has 1 heterocycles. The molecule has 2 aliphatic carbocycles. The van der Waals surface area contributed by atoms with Crippen LogP contribution in [0.1, 0.15) is 57.8 Å². The maximum Gasteiger partial charge on any atom is 0.139 e. The van der Waals surface area contributed by atoms with Crippen LogP contribution in [0.2, 0.25) is 0 Å². The number of hydrogen-bond donors (Lipinski definition) is 1. The highest BCUT2D eigenvalue weighted by Gasteiger charge is 2.45. The molecule has 0 bridgehead atoms. The molecule has 3 fully saturated rings. The van der Waals surface area contributed by atoms with Crippen LogP contribution < -0.4 is 5.73 Å². The first-order chi connectivity index (χ1) is 9.22. The number of carbonyl (C=O) groups is 1. The second-order valence-corrected chi connectivity index (χ2v) is 6.93. The molecule has 2 saturated carbocycles. The Hall–Kier alpha value is -0.410. The molecule has 0 amide bonds. The Morgan fingerprint density at radius 2 is 1.84 bits per heavy atom. The van der Waals surface area contributed by atoms with Crippen molar-refractivity contribution in [2.45, 2.75) is 63.4 Å². The molecule has 108 valence electrons. The van der Waals surface area contributed by atoms with Crippen molar-refractivity contribution in [3.05, 3.63) is 0 Å². The van der Waals surface area contributed by atoms with Crippen LogP contribution in [-0.2, 0) is 9.53 Å². The summed E-state index contributed by atoms with van der Waals surface area (Å²) >= 11 is 0. The van der Waals surface area contributed by atoms with Crippen LogP contribution in [0.15, 0.2) is 0 Å². The zero-order valence-electron chi connectivity index (χ0n) is 11.9. The molecule has 0 aromatic carbocycles. The third-order valence-electron chi connectivity index (χ3n) is 5.74. The van der Waals surface area contributed by atoms with Crippen molar-refractivity contribution in [3.63, 3.8) is 0 Å². The van der Waals surface area contributed by atoms with Gasteiger partial charge in [0.05, 0.1) is 5.60 Å². The number of ketones is 1. The van der Waals surface area contributed by atoms with Gasteiger partial charge in [-0.05, 0) is 70.3 Å². The van der Waals surface area contributed by atoms with Gasteiger partial charge < -0.3 is 10.5 Å². The normalized spacial score (nSPS) is 37.8. The molecular weight excluding hydrogens is 238 g/mol. The minimum atomic E-state index is 0.104. The van der Waals surface area contributed by atoms with Gasteiger partial charge in [-0.1, -0.05) is 0 Å². The van der Waals surface area contributed by atoms with Gasteiger partial charge in [0.2, 0.25) is 0 Å². The van der Waals surface area contributed by atoms with Crippen molar-refractivity contribution in [1.82, 2.24) is 0 Å². The minimum absolute atomic E-state index is 0.104. The molecule has 3 rings (SSSR count). The Morgan fingerprint density at radius 1 is 1.11 bits per heavy atom. The molecule has 19 heavy (non-hydrogen) atoms. The number of ether oxygens (including phenoxy) is 1. The van der Waals surface area contributed by atoms with Crippen molar-refractivity contribution >= 4 is 5.78 Å². The van der Waals surface area contributed by atoms with Gasteiger partial charge in [0.1, 0.15) is 5.78 Å². The molecule has 2 N–H and O–H groups in total. The van der Waals surface area contributed by atoms with Crippen molar-refractivity contribution < 1.29 is 9.53 Å². The van der Waals surface area contributed by atoms with E-state index in [9.17, 15) is 4.79 Å². The summed E-state index contributed by atoms with van der Waals surface area (Å²) in [5.41, 5.74) is 5.83. The van der Waals surface area contributed by atoms with Gasteiger partial charge in [0, 0.05) is 18.4 Å². The van der Waals surface area contributed by atoms with Crippen LogP contribution >= 0.6 is 0 Å². The monoisotopic (exact) mass is 265 g/mol. The molecule has 1 aliphatic heterocycles. The van der Waals surface area contributed by atoms with Crippen LogP contribution in [-0.4, -0.2) is 24.5 Å². The Bertz CT molecular complexity index is 330. The topological polar surface area (TPSA) is 52.3 Å². The molecular formula is C16H27NO2. The van der Waals surface area contributed by atoms with Gasteiger partial charge in [-0.15, -0.1) is 0 Å². The first-order valence-corrected chi connectivity index (χ1v) is 8.10. The fraction of sp³-hybridized carbons (Fsp3) is 0.938. The maximum atomic E-state index is 12.7. The largest absolute Gasteiger partial charge is 0.375 e. The summed E-state index contributed by atoms with van der Waals surface area (Å²) in [6, 6.07) is 0. The molecule has 1 atom stereocenters. The quantitative estimate of drug-likeness (QED) is 0.853. The number of nitrogens with two attached hydrogens (primary N) is 1. The zero-order valence-corrected chi connectivity index (χ0v) is 11.9. The molecule has 3 heteroatoms. The molecule has 1 unspecified atom stereocenters. The fourth-order valence-corrected chi connectivity index (χ4v) is 4.21. The summed E-state index contributed by atoms with van der Waals surface area (Å²) in [4.78, 5) is 12.7. The predicted molar refractivity (Wildman–Crippen MR) is 74.8 cm³/mol. The number of hydrogen-bond acceptors (Lipinski definition) is 3. The number of carbonyl (C=O) groups excluding carboxylic acids is 1. The molecule has 0 aromatic heterocycles. The van der Waals surface area contributed by atoms with Crippen molar-refractivity contribution in [3.8, 4) is 0 Å². The van der Waals surface area contributed by atoms with Crippen LogP contribution in [0, 0.1) is 17.8 Å². The predicted octanol–water partition coefficient (Wildman–Crippen LogP) is 2.67. The van der Waals surface area contributed by atoms with E-state index in [0.717, 1.165) is 51.7 Å². The van der Waals surface area contributed by atoms with E-state index < -0.39 is 0 Å². The standard InChI is InChI=1S/C16H27NO2/c17-11-12-2-4-13(5-3-12)15(18)14-6-9-19-16(10-14)7-1-8-16/h12-14H,1-11,17H2.